The van der Waals surface area contributed by atoms with Crippen LogP contribution in [0, 0.1) is 5.41 Å². The number of hydrogen-bond donors (Lipinski definition) is 0. The summed E-state index contributed by atoms with van der Waals surface area (Å²) in [7, 11) is 1.63. The van der Waals surface area contributed by atoms with Crippen LogP contribution in [0.1, 0.15) is 38.5 Å². The van der Waals surface area contributed by atoms with Crippen LogP contribution in [0.3, 0.4) is 0 Å². The minimum atomic E-state index is 0.771. The minimum absolute atomic E-state index is 0.771. The van der Waals surface area contributed by atoms with E-state index in [9.17, 15) is 0 Å². The minimum Gasteiger partial charge on any atom is -0.399 e. The zero-order valence-electron chi connectivity index (χ0n) is 7.10. The van der Waals surface area contributed by atoms with Gasteiger partial charge in [-0.25, -0.2) is 0 Å². The molecule has 2 saturated carbocycles. The Kier molecular flexibility index (Phi) is 1.63. The monoisotopic (exact) mass is 153 g/mol. The van der Waals surface area contributed by atoms with Gasteiger partial charge in [-0.15, -0.1) is 0 Å². The van der Waals surface area contributed by atoms with Crippen LogP contribution in [0.2, 0.25) is 0 Å². The molecule has 0 bridgehead atoms. The topological polar surface area (TPSA) is 21.6 Å². The average Bonchev–Trinajstić information content (AvgIpc) is 2.76. The van der Waals surface area contributed by atoms with Gasteiger partial charge in [-0.05, 0) is 43.9 Å². The molecule has 2 heteroatoms. The smallest absolute Gasteiger partial charge is 0.106 e. The van der Waals surface area contributed by atoms with Crippen LogP contribution in [-0.4, -0.2) is 12.8 Å². The third-order valence-electron chi connectivity index (χ3n) is 3.07. The van der Waals surface area contributed by atoms with Crippen molar-refractivity contribution in [3.05, 3.63) is 0 Å². The highest BCUT2D eigenvalue weighted by Gasteiger charge is 2.43. The molecule has 0 aromatic heterocycles. The van der Waals surface area contributed by atoms with Gasteiger partial charge in [-0.2, -0.15) is 0 Å². The Hall–Kier alpha value is -0.530. The van der Waals surface area contributed by atoms with Crippen LogP contribution in [-0.2, 0) is 4.84 Å². The van der Waals surface area contributed by atoms with E-state index in [0.717, 1.165) is 5.41 Å². The quantitative estimate of drug-likeness (QED) is 0.530. The molecular weight excluding hydrogens is 138 g/mol. The van der Waals surface area contributed by atoms with Crippen molar-refractivity contribution in [1.29, 1.82) is 0 Å². The average molecular weight is 153 g/mol. The number of oxime groups is 1. The predicted molar refractivity (Wildman–Crippen MR) is 44.6 cm³/mol. The highest BCUT2D eigenvalue weighted by Crippen LogP contribution is 2.55. The van der Waals surface area contributed by atoms with Gasteiger partial charge in [0.25, 0.3) is 0 Å². The summed E-state index contributed by atoms with van der Waals surface area (Å²) in [6, 6.07) is 0. The molecule has 0 amide bonds. The molecule has 2 fully saturated rings. The van der Waals surface area contributed by atoms with Crippen molar-refractivity contribution < 1.29 is 4.84 Å². The molecule has 2 aliphatic rings. The summed E-state index contributed by atoms with van der Waals surface area (Å²) in [6.45, 7) is 0. The molecule has 0 aromatic rings. The van der Waals surface area contributed by atoms with Crippen LogP contribution in [0.5, 0.6) is 0 Å². The van der Waals surface area contributed by atoms with Crippen molar-refractivity contribution >= 4 is 5.71 Å². The SMILES string of the molecule is CON=C1CCC2(CC1)CC2. The van der Waals surface area contributed by atoms with E-state index >= 15 is 0 Å². The first-order valence-corrected chi connectivity index (χ1v) is 4.44. The Labute approximate surface area is 67.6 Å². The Bertz CT molecular complexity index is 170. The largest absolute Gasteiger partial charge is 0.399 e. The Morgan fingerprint density at radius 2 is 1.82 bits per heavy atom. The first kappa shape index (κ1) is 7.14. The van der Waals surface area contributed by atoms with E-state index in [4.69, 9.17) is 4.84 Å². The first-order chi connectivity index (χ1) is 5.35. The molecule has 0 atom stereocenters. The third-order valence-corrected chi connectivity index (χ3v) is 3.07. The van der Waals surface area contributed by atoms with Crippen molar-refractivity contribution in [3.63, 3.8) is 0 Å². The van der Waals surface area contributed by atoms with Gasteiger partial charge in [0.05, 0.1) is 5.71 Å². The molecular formula is C9H15NO. The molecule has 0 N–H and O–H groups in total. The summed E-state index contributed by atoms with van der Waals surface area (Å²) in [5, 5.41) is 3.99. The summed E-state index contributed by atoms with van der Waals surface area (Å²) in [4.78, 5) is 4.76. The molecule has 0 heterocycles. The normalized spacial score (nSPS) is 26.8. The molecule has 2 rings (SSSR count). The lowest BCUT2D eigenvalue weighted by Gasteiger charge is -2.21. The molecule has 1 spiro atoms. The summed E-state index contributed by atoms with van der Waals surface area (Å²) in [5.74, 6) is 0. The predicted octanol–water partition coefficient (Wildman–Crippen LogP) is 2.34. The maximum atomic E-state index is 4.76. The van der Waals surface area contributed by atoms with Crippen molar-refractivity contribution in [2.75, 3.05) is 7.11 Å². The summed E-state index contributed by atoms with van der Waals surface area (Å²) >= 11 is 0. The summed E-state index contributed by atoms with van der Waals surface area (Å²) in [5.41, 5.74) is 2.04. The fraction of sp³-hybridized carbons (Fsp3) is 0.889. The number of rotatable bonds is 1. The second kappa shape index (κ2) is 2.50. The third kappa shape index (κ3) is 1.39. The second-order valence-corrected chi connectivity index (χ2v) is 3.84. The maximum absolute atomic E-state index is 4.76. The first-order valence-electron chi connectivity index (χ1n) is 4.44. The van der Waals surface area contributed by atoms with Gasteiger partial charge in [0.1, 0.15) is 7.11 Å². The highest BCUT2D eigenvalue weighted by molar-refractivity contribution is 5.84. The van der Waals surface area contributed by atoms with Crippen molar-refractivity contribution in [2.24, 2.45) is 10.6 Å². The Morgan fingerprint density at radius 3 is 2.27 bits per heavy atom. The van der Waals surface area contributed by atoms with Gasteiger partial charge >= 0.3 is 0 Å². The van der Waals surface area contributed by atoms with Gasteiger partial charge in [0.15, 0.2) is 0 Å². The Morgan fingerprint density at radius 1 is 1.18 bits per heavy atom. The number of hydrogen-bond acceptors (Lipinski definition) is 2. The number of nitrogens with zero attached hydrogens (tertiary/aromatic N) is 1. The van der Waals surface area contributed by atoms with E-state index in [-0.39, 0.29) is 0 Å². The molecule has 0 unspecified atom stereocenters. The van der Waals surface area contributed by atoms with E-state index < -0.39 is 0 Å². The van der Waals surface area contributed by atoms with Crippen molar-refractivity contribution in [3.8, 4) is 0 Å². The van der Waals surface area contributed by atoms with Gasteiger partial charge in [0.2, 0.25) is 0 Å². The van der Waals surface area contributed by atoms with E-state index in [1.807, 2.05) is 0 Å². The van der Waals surface area contributed by atoms with E-state index in [1.54, 1.807) is 7.11 Å². The van der Waals surface area contributed by atoms with Crippen LogP contribution in [0.25, 0.3) is 0 Å². The lowest BCUT2D eigenvalue weighted by atomic mass is 9.85. The van der Waals surface area contributed by atoms with Gasteiger partial charge in [0, 0.05) is 0 Å². The van der Waals surface area contributed by atoms with Crippen molar-refractivity contribution in [1.82, 2.24) is 0 Å². The van der Waals surface area contributed by atoms with Crippen LogP contribution >= 0.6 is 0 Å². The van der Waals surface area contributed by atoms with Crippen molar-refractivity contribution in [2.45, 2.75) is 38.5 Å². The molecule has 62 valence electrons. The van der Waals surface area contributed by atoms with E-state index in [0.29, 0.717) is 0 Å². The molecule has 2 nitrogen and oxygen atoms in total. The summed E-state index contributed by atoms with van der Waals surface area (Å²) < 4.78 is 0. The van der Waals surface area contributed by atoms with Gasteiger partial charge in [-0.3, -0.25) is 0 Å². The molecule has 2 aliphatic carbocycles. The second-order valence-electron chi connectivity index (χ2n) is 3.84. The standard InChI is InChI=1S/C9H15NO/c1-11-10-8-2-4-9(5-3-8)6-7-9/h2-7H2,1H3. The lowest BCUT2D eigenvalue weighted by molar-refractivity contribution is 0.209. The van der Waals surface area contributed by atoms with E-state index in [2.05, 4.69) is 5.16 Å². The molecule has 0 saturated heterocycles. The lowest BCUT2D eigenvalue weighted by Crippen LogP contribution is -2.14. The van der Waals surface area contributed by atoms with E-state index in [1.165, 1.54) is 44.2 Å². The summed E-state index contributed by atoms with van der Waals surface area (Å²) in [6.07, 6.45) is 7.99. The molecule has 11 heavy (non-hydrogen) atoms. The van der Waals surface area contributed by atoms with Crippen LogP contribution < -0.4 is 0 Å². The van der Waals surface area contributed by atoms with Crippen LogP contribution in [0.4, 0.5) is 0 Å². The Balaban J connectivity index is 1.89. The highest BCUT2D eigenvalue weighted by atomic mass is 16.6. The van der Waals surface area contributed by atoms with Gasteiger partial charge < -0.3 is 4.84 Å². The zero-order valence-corrected chi connectivity index (χ0v) is 7.10. The maximum Gasteiger partial charge on any atom is 0.106 e. The van der Waals surface area contributed by atoms with Gasteiger partial charge in [-0.1, -0.05) is 5.16 Å². The zero-order chi connectivity index (χ0) is 7.73. The molecule has 0 radical (unpaired) electrons. The fourth-order valence-electron chi connectivity index (χ4n) is 1.97. The fourth-order valence-corrected chi connectivity index (χ4v) is 1.97. The molecule has 0 aromatic carbocycles. The molecule has 0 aliphatic heterocycles. The van der Waals surface area contributed by atoms with Crippen LogP contribution in [0.15, 0.2) is 5.16 Å².